The standard InChI is InChI=1S/C30H24N4O2/c1-36-26-14-8-6-12-21(26)27-22(17-31)30-33-29(32)20-11-5-7-13-23(20)34(30)24-15-19(16-25(35)28(24)27)18-9-3-2-4-10-18/h2-14,19,27H,15-16H2,1H3,(H2,32,33)/t19-,27+/m0/s1. The van der Waals surface area contributed by atoms with Crippen LogP contribution >= 0.6 is 0 Å². The maximum atomic E-state index is 14.0. The molecule has 3 aliphatic rings. The zero-order valence-corrected chi connectivity index (χ0v) is 19.8. The number of methoxy groups -OCH3 is 1. The summed E-state index contributed by atoms with van der Waals surface area (Å²) >= 11 is 0. The van der Waals surface area contributed by atoms with Gasteiger partial charge in [-0.2, -0.15) is 5.26 Å². The van der Waals surface area contributed by atoms with Gasteiger partial charge in [-0.15, -0.1) is 0 Å². The SMILES string of the molecule is COc1ccccc1[C@@H]1C(C#N)=C2N=C(N)c3ccccc3N2C2=C1C(=O)C[C@@H](c1ccccc1)C2. The second kappa shape index (κ2) is 8.54. The summed E-state index contributed by atoms with van der Waals surface area (Å²) in [6, 6.07) is 27.8. The van der Waals surface area contributed by atoms with E-state index in [4.69, 9.17) is 15.5 Å². The molecule has 6 heteroatoms. The predicted molar refractivity (Wildman–Crippen MR) is 138 cm³/mol. The van der Waals surface area contributed by atoms with Gasteiger partial charge in [0.25, 0.3) is 0 Å². The van der Waals surface area contributed by atoms with E-state index < -0.39 is 5.92 Å². The van der Waals surface area contributed by atoms with Gasteiger partial charge >= 0.3 is 0 Å². The van der Waals surface area contributed by atoms with E-state index >= 15 is 0 Å². The summed E-state index contributed by atoms with van der Waals surface area (Å²) in [5.74, 6) is 0.934. The molecule has 0 unspecified atom stereocenters. The minimum Gasteiger partial charge on any atom is -0.496 e. The van der Waals surface area contributed by atoms with Crippen LogP contribution in [0.5, 0.6) is 5.75 Å². The summed E-state index contributed by atoms with van der Waals surface area (Å²) in [4.78, 5) is 20.7. The molecule has 1 aliphatic carbocycles. The number of hydrogen-bond donors (Lipinski definition) is 1. The van der Waals surface area contributed by atoms with Crippen LogP contribution in [0.4, 0.5) is 5.69 Å². The second-order valence-electron chi connectivity index (χ2n) is 9.17. The van der Waals surface area contributed by atoms with Gasteiger partial charge in [0.15, 0.2) is 11.6 Å². The maximum absolute atomic E-state index is 14.0. The fourth-order valence-corrected chi connectivity index (χ4v) is 5.69. The Balaban J connectivity index is 1.64. The quantitative estimate of drug-likeness (QED) is 0.569. The van der Waals surface area contributed by atoms with Crippen LogP contribution in [-0.4, -0.2) is 18.7 Å². The van der Waals surface area contributed by atoms with Crippen LogP contribution in [0.15, 0.2) is 107 Å². The van der Waals surface area contributed by atoms with Crippen LogP contribution in [0.2, 0.25) is 0 Å². The smallest absolute Gasteiger partial charge is 0.162 e. The number of Topliss-reactive ketones (excluding diaryl/α,β-unsaturated/α-hetero) is 1. The van der Waals surface area contributed by atoms with E-state index in [1.807, 2.05) is 71.6 Å². The number of nitriles is 1. The van der Waals surface area contributed by atoms with E-state index in [1.165, 1.54) is 0 Å². The third kappa shape index (κ3) is 3.24. The first-order valence-corrected chi connectivity index (χ1v) is 11.9. The molecule has 0 fully saturated rings. The number of para-hydroxylation sites is 2. The summed E-state index contributed by atoms with van der Waals surface area (Å²) in [5.41, 5.74) is 11.8. The van der Waals surface area contributed by atoms with Crippen molar-refractivity contribution >= 4 is 17.3 Å². The average Bonchev–Trinajstić information content (AvgIpc) is 2.92. The number of ether oxygens (including phenoxy) is 1. The van der Waals surface area contributed by atoms with Crippen LogP contribution in [0.1, 0.15) is 41.4 Å². The van der Waals surface area contributed by atoms with Gasteiger partial charge in [-0.05, 0) is 36.1 Å². The molecule has 6 rings (SSSR count). The van der Waals surface area contributed by atoms with Gasteiger partial charge in [0.1, 0.15) is 11.6 Å². The van der Waals surface area contributed by atoms with E-state index in [9.17, 15) is 10.1 Å². The van der Waals surface area contributed by atoms with E-state index in [0.717, 1.165) is 28.1 Å². The fraction of sp³-hybridized carbons (Fsp3) is 0.167. The topological polar surface area (TPSA) is 91.7 Å². The molecule has 2 heterocycles. The largest absolute Gasteiger partial charge is 0.496 e. The normalized spacial score (nSPS) is 20.7. The molecule has 0 spiro atoms. The number of carbonyl (C=O) groups is 1. The van der Waals surface area contributed by atoms with Crippen molar-refractivity contribution in [3.8, 4) is 11.8 Å². The van der Waals surface area contributed by atoms with Crippen LogP contribution in [0.3, 0.4) is 0 Å². The predicted octanol–water partition coefficient (Wildman–Crippen LogP) is 5.15. The number of anilines is 1. The lowest BCUT2D eigenvalue weighted by molar-refractivity contribution is -0.116. The number of allylic oxidation sites excluding steroid dienone is 3. The molecule has 6 nitrogen and oxygen atoms in total. The first-order chi connectivity index (χ1) is 17.6. The summed E-state index contributed by atoms with van der Waals surface area (Å²) in [5, 5.41) is 10.4. The van der Waals surface area contributed by atoms with Crippen molar-refractivity contribution in [1.82, 2.24) is 0 Å². The molecule has 0 bridgehead atoms. The van der Waals surface area contributed by atoms with Gasteiger partial charge in [-0.25, -0.2) is 4.99 Å². The first kappa shape index (κ1) is 21.9. The van der Waals surface area contributed by atoms with Gasteiger partial charge < -0.3 is 10.5 Å². The Morgan fingerprint density at radius 3 is 2.50 bits per heavy atom. The number of carbonyl (C=O) groups excluding carboxylic acids is 1. The number of ketones is 1. The Labute approximate surface area is 209 Å². The Morgan fingerprint density at radius 1 is 1.00 bits per heavy atom. The lowest BCUT2D eigenvalue weighted by Crippen LogP contribution is -2.40. The van der Waals surface area contributed by atoms with Gasteiger partial charge in [0.2, 0.25) is 0 Å². The number of aliphatic imine (C=N–C) groups is 1. The Morgan fingerprint density at radius 2 is 1.72 bits per heavy atom. The molecule has 3 aromatic rings. The third-order valence-corrected chi connectivity index (χ3v) is 7.27. The molecule has 2 aliphatic heterocycles. The lowest BCUT2D eigenvalue weighted by Gasteiger charge is -2.43. The Kier molecular flexibility index (Phi) is 5.19. The van der Waals surface area contributed by atoms with Gasteiger partial charge in [-0.3, -0.25) is 9.69 Å². The number of nitrogens with zero attached hydrogens (tertiary/aromatic N) is 3. The molecule has 0 saturated heterocycles. The molecule has 36 heavy (non-hydrogen) atoms. The fourth-order valence-electron chi connectivity index (χ4n) is 5.69. The van der Waals surface area contributed by atoms with E-state index in [0.29, 0.717) is 41.4 Å². The molecule has 0 aromatic heterocycles. The van der Waals surface area contributed by atoms with Crippen LogP contribution in [-0.2, 0) is 4.79 Å². The zero-order chi connectivity index (χ0) is 24.8. The molecule has 2 N–H and O–H groups in total. The highest BCUT2D eigenvalue weighted by Crippen LogP contribution is 2.52. The highest BCUT2D eigenvalue weighted by atomic mass is 16.5. The number of nitrogens with two attached hydrogens (primary N) is 1. The number of benzene rings is 3. The van der Waals surface area contributed by atoms with Gasteiger partial charge in [0.05, 0.1) is 30.4 Å². The molecule has 0 amide bonds. The van der Waals surface area contributed by atoms with E-state index in [-0.39, 0.29) is 11.7 Å². The molecule has 0 radical (unpaired) electrons. The van der Waals surface area contributed by atoms with Crippen LogP contribution in [0, 0.1) is 11.3 Å². The number of hydrogen-bond acceptors (Lipinski definition) is 6. The van der Waals surface area contributed by atoms with Crippen molar-refractivity contribution in [2.24, 2.45) is 10.7 Å². The summed E-state index contributed by atoms with van der Waals surface area (Å²) < 4.78 is 5.67. The van der Waals surface area contributed by atoms with Crippen molar-refractivity contribution < 1.29 is 9.53 Å². The highest BCUT2D eigenvalue weighted by Gasteiger charge is 2.45. The summed E-state index contributed by atoms with van der Waals surface area (Å²) in [6.07, 6.45) is 1.02. The number of rotatable bonds is 3. The lowest BCUT2D eigenvalue weighted by atomic mass is 9.71. The van der Waals surface area contributed by atoms with Crippen molar-refractivity contribution in [2.45, 2.75) is 24.7 Å². The van der Waals surface area contributed by atoms with Crippen molar-refractivity contribution in [3.05, 3.63) is 118 Å². The minimum absolute atomic E-state index is 0.0241. The summed E-state index contributed by atoms with van der Waals surface area (Å²) in [6.45, 7) is 0. The molecule has 0 saturated carbocycles. The van der Waals surface area contributed by atoms with Crippen molar-refractivity contribution in [3.63, 3.8) is 0 Å². The van der Waals surface area contributed by atoms with E-state index in [2.05, 4.69) is 18.2 Å². The Hall–Kier alpha value is -4.63. The first-order valence-electron chi connectivity index (χ1n) is 11.9. The minimum atomic E-state index is -0.585. The van der Waals surface area contributed by atoms with Crippen LogP contribution < -0.4 is 15.4 Å². The highest BCUT2D eigenvalue weighted by molar-refractivity contribution is 6.08. The molecular formula is C30H24N4O2. The number of amidine groups is 1. The van der Waals surface area contributed by atoms with Gasteiger partial charge in [0, 0.05) is 28.8 Å². The second-order valence-corrected chi connectivity index (χ2v) is 9.17. The molecule has 3 aromatic carbocycles. The number of fused-ring (bicyclic) bond motifs is 4. The van der Waals surface area contributed by atoms with Crippen molar-refractivity contribution in [2.75, 3.05) is 12.0 Å². The molecule has 176 valence electrons. The van der Waals surface area contributed by atoms with Crippen LogP contribution in [0.25, 0.3) is 0 Å². The monoisotopic (exact) mass is 472 g/mol. The van der Waals surface area contributed by atoms with Gasteiger partial charge in [-0.1, -0.05) is 60.7 Å². The molecular weight excluding hydrogens is 448 g/mol. The zero-order valence-electron chi connectivity index (χ0n) is 19.8. The van der Waals surface area contributed by atoms with Crippen molar-refractivity contribution in [1.29, 1.82) is 5.26 Å². The van der Waals surface area contributed by atoms with E-state index in [1.54, 1.807) is 7.11 Å². The maximum Gasteiger partial charge on any atom is 0.162 e. The third-order valence-electron chi connectivity index (χ3n) is 7.27. The summed E-state index contributed by atoms with van der Waals surface area (Å²) in [7, 11) is 1.60. The average molecular weight is 473 g/mol. The Bertz CT molecular complexity index is 1530. The molecule has 2 atom stereocenters.